The van der Waals surface area contributed by atoms with Crippen LogP contribution in [0.3, 0.4) is 0 Å². The van der Waals surface area contributed by atoms with E-state index in [0.717, 1.165) is 12.1 Å². The normalized spacial score (nSPS) is 14.5. The van der Waals surface area contributed by atoms with Gasteiger partial charge >= 0.3 is 0 Å². The predicted octanol–water partition coefficient (Wildman–Crippen LogP) is 1.50. The molecule has 0 heterocycles. The summed E-state index contributed by atoms with van der Waals surface area (Å²) in [6.45, 7) is 1.71. The minimum atomic E-state index is -0.885. The number of benzene rings is 1. The zero-order chi connectivity index (χ0) is 12.3. The Hall–Kier alpha value is -1.53. The Kier molecular flexibility index (Phi) is 3.92. The van der Waals surface area contributed by atoms with Crippen LogP contribution in [0.4, 0.5) is 10.1 Å². The van der Waals surface area contributed by atoms with Crippen molar-refractivity contribution >= 4 is 5.69 Å². The number of hydrogen-bond acceptors (Lipinski definition) is 4. The highest BCUT2D eigenvalue weighted by molar-refractivity contribution is 5.42. The Morgan fingerprint density at radius 3 is 2.75 bits per heavy atom. The Bertz CT molecular complexity index is 398. The Labute approximate surface area is 91.8 Å². The molecule has 2 atom stereocenters. The maximum absolute atomic E-state index is 12.8. The van der Waals surface area contributed by atoms with Gasteiger partial charge in [-0.1, -0.05) is 6.92 Å². The van der Waals surface area contributed by atoms with Gasteiger partial charge in [0.05, 0.1) is 23.1 Å². The van der Waals surface area contributed by atoms with E-state index >= 15 is 0 Å². The fraction of sp³-hybridized carbons (Fsp3) is 0.400. The number of hydrogen-bond donors (Lipinski definition) is 2. The highest BCUT2D eigenvalue weighted by atomic mass is 19.1. The topological polar surface area (TPSA) is 89.4 Å². The molecule has 1 aromatic rings. The van der Waals surface area contributed by atoms with E-state index in [-0.39, 0.29) is 5.56 Å². The molecule has 0 saturated heterocycles. The van der Waals surface area contributed by atoms with Gasteiger partial charge in [0.2, 0.25) is 0 Å². The van der Waals surface area contributed by atoms with Crippen molar-refractivity contribution in [3.63, 3.8) is 0 Å². The van der Waals surface area contributed by atoms with Crippen molar-refractivity contribution in [3.05, 3.63) is 39.7 Å². The number of nitro benzene ring substituents is 1. The van der Waals surface area contributed by atoms with Crippen LogP contribution in [0.25, 0.3) is 0 Å². The third-order valence-corrected chi connectivity index (χ3v) is 2.38. The molecule has 0 radical (unpaired) electrons. The van der Waals surface area contributed by atoms with Gasteiger partial charge in [-0.25, -0.2) is 4.39 Å². The fourth-order valence-corrected chi connectivity index (χ4v) is 1.42. The summed E-state index contributed by atoms with van der Waals surface area (Å²) < 4.78 is 12.8. The summed E-state index contributed by atoms with van der Waals surface area (Å²) in [6, 6.07) is 2.24. The zero-order valence-corrected chi connectivity index (χ0v) is 8.76. The Morgan fingerprint density at radius 1 is 1.62 bits per heavy atom. The number of aliphatic hydroxyl groups excluding tert-OH is 1. The van der Waals surface area contributed by atoms with E-state index in [1.54, 1.807) is 6.92 Å². The van der Waals surface area contributed by atoms with Gasteiger partial charge in [-0.15, -0.1) is 0 Å². The van der Waals surface area contributed by atoms with Crippen molar-refractivity contribution in [2.45, 2.75) is 25.5 Å². The molecule has 0 saturated carbocycles. The second kappa shape index (κ2) is 5.00. The van der Waals surface area contributed by atoms with Crippen molar-refractivity contribution in [1.82, 2.24) is 0 Å². The molecule has 3 N–H and O–H groups in total. The van der Waals surface area contributed by atoms with Gasteiger partial charge in [-0.3, -0.25) is 10.1 Å². The molecule has 0 bridgehead atoms. The second-order valence-electron chi connectivity index (χ2n) is 3.46. The van der Waals surface area contributed by atoms with Crippen LogP contribution in [0.2, 0.25) is 0 Å². The molecule has 1 rings (SSSR count). The van der Waals surface area contributed by atoms with Gasteiger partial charge in [0.25, 0.3) is 5.69 Å². The molecule has 0 amide bonds. The van der Waals surface area contributed by atoms with E-state index in [2.05, 4.69) is 0 Å². The predicted molar refractivity (Wildman–Crippen MR) is 56.3 cm³/mol. The molecule has 5 nitrogen and oxygen atoms in total. The maximum atomic E-state index is 12.8. The van der Waals surface area contributed by atoms with Crippen molar-refractivity contribution in [2.24, 2.45) is 5.73 Å². The molecule has 0 spiro atoms. The highest BCUT2D eigenvalue weighted by Gasteiger charge is 2.24. The molecule has 16 heavy (non-hydrogen) atoms. The summed E-state index contributed by atoms with van der Waals surface area (Å²) in [5, 5.41) is 20.2. The molecule has 0 aliphatic rings. The maximum Gasteiger partial charge on any atom is 0.277 e. The highest BCUT2D eigenvalue weighted by Crippen LogP contribution is 2.27. The zero-order valence-electron chi connectivity index (χ0n) is 8.76. The van der Waals surface area contributed by atoms with Crippen LogP contribution in [0.1, 0.15) is 24.9 Å². The molecular weight excluding hydrogens is 215 g/mol. The van der Waals surface area contributed by atoms with Crippen LogP contribution >= 0.6 is 0 Å². The standard InChI is InChI=1S/C10H13FN2O3/c1-2-9(14)10(12)7-4-3-6(11)5-8(7)13(15)16/h3-5,9-10,14H,2,12H2,1H3/t9-,10+/m0/s1. The van der Waals surface area contributed by atoms with Crippen LogP contribution in [0.5, 0.6) is 0 Å². The van der Waals surface area contributed by atoms with Crippen molar-refractivity contribution < 1.29 is 14.4 Å². The molecule has 0 aromatic heterocycles. The average molecular weight is 228 g/mol. The molecule has 88 valence electrons. The third kappa shape index (κ3) is 2.53. The summed E-state index contributed by atoms with van der Waals surface area (Å²) >= 11 is 0. The summed E-state index contributed by atoms with van der Waals surface area (Å²) in [7, 11) is 0. The summed E-state index contributed by atoms with van der Waals surface area (Å²) in [5.41, 5.74) is 5.40. The van der Waals surface area contributed by atoms with E-state index in [9.17, 15) is 19.6 Å². The van der Waals surface area contributed by atoms with Gasteiger partial charge in [0, 0.05) is 5.56 Å². The minimum Gasteiger partial charge on any atom is -0.391 e. The Morgan fingerprint density at radius 2 is 2.25 bits per heavy atom. The fourth-order valence-electron chi connectivity index (χ4n) is 1.42. The Balaban J connectivity index is 3.17. The number of nitro groups is 1. The number of rotatable bonds is 4. The number of nitrogens with zero attached hydrogens (tertiary/aromatic N) is 1. The third-order valence-electron chi connectivity index (χ3n) is 2.38. The van der Waals surface area contributed by atoms with E-state index < -0.39 is 28.6 Å². The molecule has 1 aromatic carbocycles. The summed E-state index contributed by atoms with van der Waals surface area (Å²) in [4.78, 5) is 9.98. The van der Waals surface area contributed by atoms with E-state index in [1.165, 1.54) is 6.07 Å². The first-order chi connectivity index (χ1) is 7.47. The SMILES string of the molecule is CC[C@H](O)[C@H](N)c1ccc(F)cc1[N+](=O)[O-]. The quantitative estimate of drug-likeness (QED) is 0.603. The molecule has 0 unspecified atom stereocenters. The number of aliphatic hydroxyl groups is 1. The molecular formula is C10H13FN2O3. The van der Waals surface area contributed by atoms with Gasteiger partial charge in [-0.05, 0) is 18.6 Å². The minimum absolute atomic E-state index is 0.140. The van der Waals surface area contributed by atoms with Crippen molar-refractivity contribution in [3.8, 4) is 0 Å². The lowest BCUT2D eigenvalue weighted by molar-refractivity contribution is -0.386. The molecule has 0 aliphatic heterocycles. The van der Waals surface area contributed by atoms with Crippen LogP contribution in [-0.4, -0.2) is 16.1 Å². The lowest BCUT2D eigenvalue weighted by Crippen LogP contribution is -2.26. The first-order valence-corrected chi connectivity index (χ1v) is 4.84. The number of halogens is 1. The lowest BCUT2D eigenvalue weighted by Gasteiger charge is -2.17. The monoisotopic (exact) mass is 228 g/mol. The van der Waals surface area contributed by atoms with Crippen LogP contribution in [-0.2, 0) is 0 Å². The van der Waals surface area contributed by atoms with Gasteiger partial charge in [0.15, 0.2) is 0 Å². The largest absolute Gasteiger partial charge is 0.391 e. The summed E-state index contributed by atoms with van der Waals surface area (Å²) in [5.74, 6) is -0.700. The van der Waals surface area contributed by atoms with Gasteiger partial charge in [0.1, 0.15) is 5.82 Å². The first kappa shape index (κ1) is 12.5. The van der Waals surface area contributed by atoms with Gasteiger partial charge in [-0.2, -0.15) is 0 Å². The van der Waals surface area contributed by atoms with Crippen molar-refractivity contribution in [2.75, 3.05) is 0 Å². The van der Waals surface area contributed by atoms with Crippen LogP contribution in [0, 0.1) is 15.9 Å². The van der Waals surface area contributed by atoms with Crippen LogP contribution < -0.4 is 5.73 Å². The number of nitrogens with two attached hydrogens (primary N) is 1. The average Bonchev–Trinajstić information content (AvgIpc) is 2.26. The van der Waals surface area contributed by atoms with Crippen molar-refractivity contribution in [1.29, 1.82) is 0 Å². The van der Waals surface area contributed by atoms with E-state index in [0.29, 0.717) is 6.42 Å². The summed E-state index contributed by atoms with van der Waals surface area (Å²) in [6.07, 6.45) is -0.514. The first-order valence-electron chi connectivity index (χ1n) is 4.84. The van der Waals surface area contributed by atoms with Gasteiger partial charge < -0.3 is 10.8 Å². The van der Waals surface area contributed by atoms with E-state index in [4.69, 9.17) is 5.73 Å². The van der Waals surface area contributed by atoms with Crippen LogP contribution in [0.15, 0.2) is 18.2 Å². The second-order valence-corrected chi connectivity index (χ2v) is 3.46. The molecule has 0 fully saturated rings. The lowest BCUT2D eigenvalue weighted by atomic mass is 9.99. The van der Waals surface area contributed by atoms with E-state index in [1.807, 2.05) is 0 Å². The smallest absolute Gasteiger partial charge is 0.277 e. The molecule has 0 aliphatic carbocycles. The molecule has 6 heteroatoms.